The first kappa shape index (κ1) is 25.7. The highest BCUT2D eigenvalue weighted by molar-refractivity contribution is 6.32. The number of benzene rings is 3. The van der Waals surface area contributed by atoms with E-state index < -0.39 is 5.56 Å². The molecule has 0 aliphatic rings. The number of nitrogens with one attached hydrogen (secondary N) is 2. The van der Waals surface area contributed by atoms with Crippen LogP contribution in [-0.2, 0) is 6.54 Å². The Kier molecular flexibility index (Phi) is 7.65. The summed E-state index contributed by atoms with van der Waals surface area (Å²) in [6.45, 7) is 2.32. The number of aromatic nitrogens is 3. The number of carbonyl (C=O) groups is 1. The molecule has 0 unspecified atom stereocenters. The molecule has 39 heavy (non-hydrogen) atoms. The predicted molar refractivity (Wildman–Crippen MR) is 151 cm³/mol. The summed E-state index contributed by atoms with van der Waals surface area (Å²) in [6, 6.07) is 24.9. The van der Waals surface area contributed by atoms with Crippen molar-refractivity contribution >= 4 is 28.9 Å². The van der Waals surface area contributed by atoms with Crippen LogP contribution in [0.25, 0.3) is 5.69 Å². The van der Waals surface area contributed by atoms with Crippen molar-refractivity contribution < 1.29 is 9.53 Å². The van der Waals surface area contributed by atoms with Gasteiger partial charge in [-0.3, -0.25) is 14.6 Å². The molecule has 9 heteroatoms. The van der Waals surface area contributed by atoms with Crippen molar-refractivity contribution in [2.24, 2.45) is 0 Å². The number of rotatable bonds is 8. The number of carbonyl (C=O) groups excluding carboxylic acids is 1. The predicted octanol–water partition coefficient (Wildman–Crippen LogP) is 6.06. The zero-order valence-corrected chi connectivity index (χ0v) is 21.7. The molecule has 8 nitrogen and oxygen atoms in total. The lowest BCUT2D eigenvalue weighted by molar-refractivity contribution is 0.0951. The Labute approximate surface area is 229 Å². The van der Waals surface area contributed by atoms with Crippen molar-refractivity contribution in [1.82, 2.24) is 20.1 Å². The van der Waals surface area contributed by atoms with Gasteiger partial charge in [-0.05, 0) is 72.6 Å². The van der Waals surface area contributed by atoms with Crippen LogP contribution < -0.4 is 20.9 Å². The molecule has 0 fully saturated rings. The second-order valence-electron chi connectivity index (χ2n) is 8.72. The number of anilines is 2. The van der Waals surface area contributed by atoms with Crippen LogP contribution in [0.15, 0.2) is 108 Å². The minimum absolute atomic E-state index is 0.167. The lowest BCUT2D eigenvalue weighted by Gasteiger charge is -2.15. The third kappa shape index (κ3) is 6.14. The molecule has 0 aliphatic carbocycles. The summed E-state index contributed by atoms with van der Waals surface area (Å²) in [6.07, 6.45) is 4.85. The van der Waals surface area contributed by atoms with Gasteiger partial charge in [-0.1, -0.05) is 41.9 Å². The van der Waals surface area contributed by atoms with E-state index in [0.29, 0.717) is 34.3 Å². The van der Waals surface area contributed by atoms with E-state index in [9.17, 15) is 9.59 Å². The number of halogens is 1. The molecular weight excluding hydrogens is 514 g/mol. The van der Waals surface area contributed by atoms with Crippen LogP contribution in [-0.4, -0.2) is 20.7 Å². The number of aryl methyl sites for hydroxylation is 1. The third-order valence-electron chi connectivity index (χ3n) is 5.83. The van der Waals surface area contributed by atoms with E-state index >= 15 is 0 Å². The molecule has 2 heterocycles. The molecule has 194 valence electrons. The molecule has 0 radical (unpaired) electrons. The Hall–Kier alpha value is -4.95. The molecule has 0 saturated heterocycles. The van der Waals surface area contributed by atoms with Crippen molar-refractivity contribution in [2.45, 2.75) is 13.5 Å². The van der Waals surface area contributed by atoms with Crippen molar-refractivity contribution in [1.29, 1.82) is 0 Å². The van der Waals surface area contributed by atoms with Gasteiger partial charge in [0.1, 0.15) is 5.75 Å². The third-order valence-corrected chi connectivity index (χ3v) is 6.15. The monoisotopic (exact) mass is 537 g/mol. The van der Waals surface area contributed by atoms with Gasteiger partial charge >= 0.3 is 0 Å². The van der Waals surface area contributed by atoms with Gasteiger partial charge in [0.15, 0.2) is 11.4 Å². The molecule has 0 aliphatic heterocycles. The fourth-order valence-electron chi connectivity index (χ4n) is 3.87. The number of para-hydroxylation sites is 1. The summed E-state index contributed by atoms with van der Waals surface area (Å²) in [5.74, 6) is 0.585. The molecular formula is C30H24ClN5O3. The van der Waals surface area contributed by atoms with Crippen LogP contribution in [0, 0.1) is 6.92 Å². The van der Waals surface area contributed by atoms with Crippen LogP contribution in [0.5, 0.6) is 11.5 Å². The van der Waals surface area contributed by atoms with E-state index in [2.05, 4.69) is 20.7 Å². The highest BCUT2D eigenvalue weighted by atomic mass is 35.5. The van der Waals surface area contributed by atoms with Gasteiger partial charge in [0.2, 0.25) is 0 Å². The summed E-state index contributed by atoms with van der Waals surface area (Å²) in [5, 5.41) is 10.7. The minimum Gasteiger partial charge on any atom is -0.453 e. The molecule has 0 saturated carbocycles. The topological polar surface area (TPSA) is 98.1 Å². The lowest BCUT2D eigenvalue weighted by atomic mass is 10.2. The molecule has 5 aromatic rings. The van der Waals surface area contributed by atoms with Crippen molar-refractivity contribution in [3.8, 4) is 17.2 Å². The van der Waals surface area contributed by atoms with Gasteiger partial charge in [0.25, 0.3) is 11.5 Å². The smallest absolute Gasteiger partial charge is 0.299 e. The SMILES string of the molecule is Cc1cccc(Oc2cnn(-c3ccccc3Cl)c(=O)c2Nc2ccc(C(=O)NCc3cccnc3)cc2)c1. The van der Waals surface area contributed by atoms with Gasteiger partial charge in [-0.2, -0.15) is 9.78 Å². The molecule has 1 amide bonds. The number of ether oxygens (including phenoxy) is 1. The number of nitrogens with zero attached hydrogens (tertiary/aromatic N) is 3. The van der Waals surface area contributed by atoms with E-state index in [4.69, 9.17) is 16.3 Å². The molecule has 2 N–H and O–H groups in total. The number of hydrogen-bond donors (Lipinski definition) is 2. The lowest BCUT2D eigenvalue weighted by Crippen LogP contribution is -2.24. The van der Waals surface area contributed by atoms with E-state index in [1.54, 1.807) is 67.0 Å². The summed E-state index contributed by atoms with van der Waals surface area (Å²) >= 11 is 6.35. The van der Waals surface area contributed by atoms with Crippen LogP contribution >= 0.6 is 11.6 Å². The van der Waals surface area contributed by atoms with Crippen molar-refractivity contribution in [2.75, 3.05) is 5.32 Å². The fraction of sp³-hybridized carbons (Fsp3) is 0.0667. The molecule has 0 atom stereocenters. The average molecular weight is 538 g/mol. The summed E-state index contributed by atoms with van der Waals surface area (Å²) in [7, 11) is 0. The van der Waals surface area contributed by atoms with Crippen LogP contribution in [0.1, 0.15) is 21.5 Å². The molecule has 5 rings (SSSR count). The molecule has 0 spiro atoms. The van der Waals surface area contributed by atoms with Crippen molar-refractivity contribution in [3.63, 3.8) is 0 Å². The molecule has 2 aromatic heterocycles. The van der Waals surface area contributed by atoms with Crippen molar-refractivity contribution in [3.05, 3.63) is 136 Å². The van der Waals surface area contributed by atoms with E-state index in [0.717, 1.165) is 11.1 Å². The highest BCUT2D eigenvalue weighted by Gasteiger charge is 2.17. The minimum atomic E-state index is -0.452. The Morgan fingerprint density at radius 2 is 1.79 bits per heavy atom. The Balaban J connectivity index is 1.43. The van der Waals surface area contributed by atoms with Gasteiger partial charge < -0.3 is 15.4 Å². The zero-order valence-electron chi connectivity index (χ0n) is 21.0. The molecule has 0 bridgehead atoms. The Morgan fingerprint density at radius 3 is 2.54 bits per heavy atom. The molecule has 3 aromatic carbocycles. The highest BCUT2D eigenvalue weighted by Crippen LogP contribution is 2.30. The van der Waals surface area contributed by atoms with E-state index in [-0.39, 0.29) is 17.3 Å². The number of amides is 1. The van der Waals surface area contributed by atoms with E-state index in [1.165, 1.54) is 10.9 Å². The Morgan fingerprint density at radius 1 is 0.974 bits per heavy atom. The Bertz CT molecular complexity index is 1670. The second-order valence-corrected chi connectivity index (χ2v) is 9.12. The zero-order chi connectivity index (χ0) is 27.2. The summed E-state index contributed by atoms with van der Waals surface area (Å²) in [5.41, 5.74) is 3.13. The van der Waals surface area contributed by atoms with Crippen LogP contribution in [0.4, 0.5) is 11.4 Å². The maximum Gasteiger partial charge on any atom is 0.299 e. The average Bonchev–Trinajstić information content (AvgIpc) is 2.95. The second kappa shape index (κ2) is 11.6. The van der Waals surface area contributed by atoms with Gasteiger partial charge in [-0.25, -0.2) is 0 Å². The summed E-state index contributed by atoms with van der Waals surface area (Å²) in [4.78, 5) is 30.3. The fourth-order valence-corrected chi connectivity index (χ4v) is 4.08. The first-order valence-electron chi connectivity index (χ1n) is 12.1. The largest absolute Gasteiger partial charge is 0.453 e. The standard InChI is InChI=1S/C30H24ClN5O3/c1-20-6-4-8-24(16-20)39-27-19-34-36(26-10-3-2-9-25(26)31)30(38)28(27)35-23-13-11-22(12-14-23)29(37)33-18-21-7-5-15-32-17-21/h2-17,19,35H,18H2,1H3,(H,33,37). The first-order valence-corrected chi connectivity index (χ1v) is 12.5. The maximum atomic E-state index is 13.6. The number of hydrogen-bond acceptors (Lipinski definition) is 6. The van der Waals surface area contributed by atoms with Crippen LogP contribution in [0.2, 0.25) is 5.02 Å². The summed E-state index contributed by atoms with van der Waals surface area (Å²) < 4.78 is 7.28. The van der Waals surface area contributed by atoms with Gasteiger partial charge in [0.05, 0.1) is 16.9 Å². The normalized spacial score (nSPS) is 10.6. The van der Waals surface area contributed by atoms with E-state index in [1.807, 2.05) is 37.3 Å². The quantitative estimate of drug-likeness (QED) is 0.250. The number of pyridine rings is 1. The van der Waals surface area contributed by atoms with Crippen LogP contribution in [0.3, 0.4) is 0 Å². The maximum absolute atomic E-state index is 13.6. The van der Waals surface area contributed by atoms with Gasteiger partial charge in [-0.15, -0.1) is 0 Å². The first-order chi connectivity index (χ1) is 19.0. The van der Waals surface area contributed by atoms with Gasteiger partial charge in [0, 0.05) is 30.2 Å².